The second-order valence-electron chi connectivity index (χ2n) is 5.64. The van der Waals surface area contributed by atoms with Crippen LogP contribution in [0.15, 0.2) is 36.4 Å². The number of ether oxygens (including phenoxy) is 1. The minimum Gasteiger partial charge on any atom is -0.478 e. The van der Waals surface area contributed by atoms with E-state index >= 15 is 0 Å². The van der Waals surface area contributed by atoms with Crippen molar-refractivity contribution in [2.45, 2.75) is 26.4 Å². The van der Waals surface area contributed by atoms with E-state index in [9.17, 15) is 14.7 Å². The third kappa shape index (κ3) is 3.51. The van der Waals surface area contributed by atoms with Crippen molar-refractivity contribution in [3.05, 3.63) is 42.0 Å². The molecule has 1 amide bonds. The van der Waals surface area contributed by atoms with Gasteiger partial charge >= 0.3 is 12.1 Å². The van der Waals surface area contributed by atoms with Crippen molar-refractivity contribution in [3.8, 4) is 0 Å². The molecule has 0 heterocycles. The number of anilines is 1. The monoisotopic (exact) mass is 287 g/mol. The summed E-state index contributed by atoms with van der Waals surface area (Å²) in [6.45, 7) is 5.22. The highest BCUT2D eigenvalue weighted by atomic mass is 16.6. The molecular formula is C16H17NO4. The molecule has 0 aliphatic carbocycles. The molecule has 0 bridgehead atoms. The summed E-state index contributed by atoms with van der Waals surface area (Å²) in [5, 5.41) is 13.3. The maximum atomic E-state index is 11.8. The average molecular weight is 287 g/mol. The van der Waals surface area contributed by atoms with E-state index in [1.165, 1.54) is 0 Å². The molecule has 2 N–H and O–H groups in total. The van der Waals surface area contributed by atoms with Crippen molar-refractivity contribution in [1.82, 2.24) is 0 Å². The Balaban J connectivity index is 2.42. The lowest BCUT2D eigenvalue weighted by molar-refractivity contribution is 0.0636. The smallest absolute Gasteiger partial charge is 0.412 e. The van der Waals surface area contributed by atoms with Crippen molar-refractivity contribution in [1.29, 1.82) is 0 Å². The molecule has 2 aromatic rings. The van der Waals surface area contributed by atoms with Crippen LogP contribution < -0.4 is 5.32 Å². The molecule has 110 valence electrons. The largest absolute Gasteiger partial charge is 0.478 e. The van der Waals surface area contributed by atoms with Gasteiger partial charge in [0.15, 0.2) is 0 Å². The van der Waals surface area contributed by atoms with E-state index in [0.717, 1.165) is 5.39 Å². The van der Waals surface area contributed by atoms with Gasteiger partial charge in [0.25, 0.3) is 0 Å². The van der Waals surface area contributed by atoms with Gasteiger partial charge in [-0.2, -0.15) is 0 Å². The average Bonchev–Trinajstić information content (AvgIpc) is 2.35. The van der Waals surface area contributed by atoms with Crippen LogP contribution in [0.2, 0.25) is 0 Å². The third-order valence-corrected chi connectivity index (χ3v) is 2.78. The minimum atomic E-state index is -1.10. The normalized spacial score (nSPS) is 11.2. The standard InChI is InChI=1S/C16H17NO4/c1-16(2,3)21-15(20)17-12-9-8-10-6-4-5-7-11(10)13(12)14(18)19/h4-9H,1-3H3,(H,17,20)(H,18,19). The summed E-state index contributed by atoms with van der Waals surface area (Å²) < 4.78 is 5.15. The lowest BCUT2D eigenvalue weighted by atomic mass is 10.0. The quantitative estimate of drug-likeness (QED) is 0.878. The van der Waals surface area contributed by atoms with Gasteiger partial charge in [0.1, 0.15) is 5.60 Å². The van der Waals surface area contributed by atoms with E-state index in [1.54, 1.807) is 45.0 Å². The predicted molar refractivity (Wildman–Crippen MR) is 80.8 cm³/mol. The molecule has 0 fully saturated rings. The number of amides is 1. The Morgan fingerprint density at radius 1 is 1.10 bits per heavy atom. The Bertz CT molecular complexity index is 701. The van der Waals surface area contributed by atoms with Gasteiger partial charge in [-0.05, 0) is 37.6 Å². The summed E-state index contributed by atoms with van der Waals surface area (Å²) in [6.07, 6.45) is -0.680. The molecule has 0 atom stereocenters. The number of carboxylic acid groups (broad SMARTS) is 1. The first-order chi connectivity index (χ1) is 9.78. The SMILES string of the molecule is CC(C)(C)OC(=O)Nc1ccc2ccccc2c1C(=O)O. The van der Waals surface area contributed by atoms with Gasteiger partial charge in [-0.15, -0.1) is 0 Å². The van der Waals surface area contributed by atoms with Gasteiger partial charge in [0.2, 0.25) is 0 Å². The third-order valence-electron chi connectivity index (χ3n) is 2.78. The predicted octanol–water partition coefficient (Wildman–Crippen LogP) is 3.89. The molecule has 2 rings (SSSR count). The maximum absolute atomic E-state index is 11.8. The maximum Gasteiger partial charge on any atom is 0.412 e. The van der Waals surface area contributed by atoms with Crippen molar-refractivity contribution in [2.24, 2.45) is 0 Å². The second-order valence-corrected chi connectivity index (χ2v) is 5.64. The molecule has 0 unspecified atom stereocenters. The summed E-state index contributed by atoms with van der Waals surface area (Å²) in [7, 11) is 0. The Hall–Kier alpha value is -2.56. The van der Waals surface area contributed by atoms with Gasteiger partial charge in [-0.3, -0.25) is 5.32 Å². The highest BCUT2D eigenvalue weighted by Crippen LogP contribution is 2.26. The Morgan fingerprint density at radius 2 is 1.76 bits per heavy atom. The van der Waals surface area contributed by atoms with Crippen molar-refractivity contribution in [2.75, 3.05) is 5.32 Å². The molecule has 0 aromatic heterocycles. The van der Waals surface area contributed by atoms with Crippen LogP contribution in [0.25, 0.3) is 10.8 Å². The number of fused-ring (bicyclic) bond motifs is 1. The fraction of sp³-hybridized carbons (Fsp3) is 0.250. The minimum absolute atomic E-state index is 0.0546. The first kappa shape index (κ1) is 14.8. The number of rotatable bonds is 2. The van der Waals surface area contributed by atoms with Crippen molar-refractivity contribution < 1.29 is 19.4 Å². The topological polar surface area (TPSA) is 75.6 Å². The summed E-state index contributed by atoms with van der Waals surface area (Å²) in [6, 6.07) is 10.4. The van der Waals surface area contributed by atoms with Crippen LogP contribution in [-0.4, -0.2) is 22.8 Å². The van der Waals surface area contributed by atoms with Crippen LogP contribution in [0.4, 0.5) is 10.5 Å². The summed E-state index contributed by atoms with van der Waals surface area (Å²) >= 11 is 0. The second kappa shape index (κ2) is 5.44. The molecule has 21 heavy (non-hydrogen) atoms. The Kier molecular flexibility index (Phi) is 3.84. The Labute approximate surface area is 122 Å². The van der Waals surface area contributed by atoms with Crippen LogP contribution in [0.3, 0.4) is 0 Å². The Morgan fingerprint density at radius 3 is 2.38 bits per heavy atom. The number of nitrogens with one attached hydrogen (secondary N) is 1. The molecule has 5 nitrogen and oxygen atoms in total. The fourth-order valence-corrected chi connectivity index (χ4v) is 2.02. The van der Waals surface area contributed by atoms with E-state index in [2.05, 4.69) is 5.32 Å². The van der Waals surface area contributed by atoms with E-state index in [4.69, 9.17) is 4.74 Å². The van der Waals surface area contributed by atoms with E-state index in [0.29, 0.717) is 5.39 Å². The highest BCUT2D eigenvalue weighted by molar-refractivity contribution is 6.10. The first-order valence-corrected chi connectivity index (χ1v) is 6.53. The van der Waals surface area contributed by atoms with Gasteiger partial charge in [-0.25, -0.2) is 9.59 Å². The van der Waals surface area contributed by atoms with E-state index < -0.39 is 17.7 Å². The van der Waals surface area contributed by atoms with Gasteiger partial charge in [-0.1, -0.05) is 30.3 Å². The number of carboxylic acids is 1. The van der Waals surface area contributed by atoms with E-state index in [-0.39, 0.29) is 11.3 Å². The molecule has 2 aromatic carbocycles. The molecule has 5 heteroatoms. The van der Waals surface area contributed by atoms with Crippen LogP contribution in [0, 0.1) is 0 Å². The number of carbonyl (C=O) groups excluding carboxylic acids is 1. The number of carbonyl (C=O) groups is 2. The lowest BCUT2D eigenvalue weighted by Crippen LogP contribution is -2.27. The van der Waals surface area contributed by atoms with Crippen LogP contribution in [0.5, 0.6) is 0 Å². The number of hydrogen-bond acceptors (Lipinski definition) is 3. The summed E-state index contributed by atoms with van der Waals surface area (Å²) in [5.41, 5.74) is -0.376. The van der Waals surface area contributed by atoms with E-state index in [1.807, 2.05) is 12.1 Å². The zero-order valence-electron chi connectivity index (χ0n) is 12.1. The molecular weight excluding hydrogens is 270 g/mol. The highest BCUT2D eigenvalue weighted by Gasteiger charge is 2.20. The number of hydrogen-bond donors (Lipinski definition) is 2. The summed E-state index contributed by atoms with van der Waals surface area (Å²) in [4.78, 5) is 23.3. The van der Waals surface area contributed by atoms with Gasteiger partial charge < -0.3 is 9.84 Å². The number of aromatic carboxylic acids is 1. The fourth-order valence-electron chi connectivity index (χ4n) is 2.02. The van der Waals surface area contributed by atoms with Crippen LogP contribution in [-0.2, 0) is 4.74 Å². The van der Waals surface area contributed by atoms with Gasteiger partial charge in [0, 0.05) is 0 Å². The molecule has 0 spiro atoms. The molecule has 0 aliphatic heterocycles. The first-order valence-electron chi connectivity index (χ1n) is 6.53. The molecule has 0 saturated carbocycles. The lowest BCUT2D eigenvalue weighted by Gasteiger charge is -2.20. The molecule has 0 aliphatic rings. The summed E-state index contributed by atoms with van der Waals surface area (Å²) in [5.74, 6) is -1.10. The zero-order valence-corrected chi connectivity index (χ0v) is 12.1. The zero-order chi connectivity index (χ0) is 15.6. The van der Waals surface area contributed by atoms with Crippen molar-refractivity contribution >= 4 is 28.5 Å². The van der Waals surface area contributed by atoms with Gasteiger partial charge in [0.05, 0.1) is 11.3 Å². The molecule has 0 saturated heterocycles. The van der Waals surface area contributed by atoms with Crippen molar-refractivity contribution in [3.63, 3.8) is 0 Å². The van der Waals surface area contributed by atoms with Crippen LogP contribution in [0.1, 0.15) is 31.1 Å². The number of benzene rings is 2. The molecule has 0 radical (unpaired) electrons. The van der Waals surface area contributed by atoms with Crippen LogP contribution >= 0.6 is 0 Å².